The predicted molar refractivity (Wildman–Crippen MR) is 87.8 cm³/mol. The molecule has 0 atom stereocenters. The van der Waals surface area contributed by atoms with Crippen LogP contribution in [0.4, 0.5) is 0 Å². The molecular weight excluding hydrogens is 296 g/mol. The average Bonchev–Trinajstić information content (AvgIpc) is 2.60. The van der Waals surface area contributed by atoms with Gasteiger partial charge in [0, 0.05) is 11.1 Å². The zero-order valence-corrected chi connectivity index (χ0v) is 14.0. The summed E-state index contributed by atoms with van der Waals surface area (Å²) in [5.41, 5.74) is -0.212. The van der Waals surface area contributed by atoms with Crippen LogP contribution in [0.15, 0.2) is 36.4 Å². The second-order valence-electron chi connectivity index (χ2n) is 5.20. The molecule has 0 spiro atoms. The third-order valence-corrected chi connectivity index (χ3v) is 3.86. The van der Waals surface area contributed by atoms with Gasteiger partial charge in [-0.15, -0.1) is 0 Å². The maximum Gasteiger partial charge on any atom is 0.125 e. The van der Waals surface area contributed by atoms with Gasteiger partial charge in [-0.05, 0) is 43.3 Å². The summed E-state index contributed by atoms with van der Waals surface area (Å²) in [5.74, 6) is 2.37. The molecule has 0 aliphatic heterocycles. The molecule has 0 bridgehead atoms. The molecule has 0 unspecified atom stereocenters. The number of ether oxygens (including phenoxy) is 4. The van der Waals surface area contributed by atoms with Crippen molar-refractivity contribution >= 4 is 0 Å². The maximum absolute atomic E-state index is 11.2. The SMILES string of the molecule is COc1ccc(OC)c(C(C)(O)c2cc(OC)ccc2OC)c1. The minimum absolute atomic E-state index is 0.556. The monoisotopic (exact) mass is 318 g/mol. The van der Waals surface area contributed by atoms with Crippen molar-refractivity contribution in [1.29, 1.82) is 0 Å². The second kappa shape index (κ2) is 6.79. The minimum Gasteiger partial charge on any atom is -0.497 e. The molecule has 5 nitrogen and oxygen atoms in total. The Hall–Kier alpha value is -2.40. The van der Waals surface area contributed by atoms with E-state index in [0.717, 1.165) is 0 Å². The molecule has 0 amide bonds. The van der Waals surface area contributed by atoms with Gasteiger partial charge in [-0.2, -0.15) is 0 Å². The van der Waals surface area contributed by atoms with E-state index in [2.05, 4.69) is 0 Å². The summed E-state index contributed by atoms with van der Waals surface area (Å²) in [4.78, 5) is 0. The van der Waals surface area contributed by atoms with Crippen LogP contribution in [0.1, 0.15) is 18.1 Å². The highest BCUT2D eigenvalue weighted by Crippen LogP contribution is 2.42. The Morgan fingerprint density at radius 3 is 1.39 bits per heavy atom. The van der Waals surface area contributed by atoms with Crippen LogP contribution < -0.4 is 18.9 Å². The van der Waals surface area contributed by atoms with E-state index in [1.165, 1.54) is 0 Å². The second-order valence-corrected chi connectivity index (χ2v) is 5.20. The van der Waals surface area contributed by atoms with E-state index in [1.807, 2.05) is 0 Å². The summed E-state index contributed by atoms with van der Waals surface area (Å²) in [5, 5.41) is 11.2. The number of methoxy groups -OCH3 is 4. The number of benzene rings is 2. The fraction of sp³-hybridized carbons (Fsp3) is 0.333. The first-order valence-corrected chi connectivity index (χ1v) is 7.15. The first kappa shape index (κ1) is 17.0. The molecule has 23 heavy (non-hydrogen) atoms. The minimum atomic E-state index is -1.36. The van der Waals surface area contributed by atoms with Crippen LogP contribution in [0.3, 0.4) is 0 Å². The van der Waals surface area contributed by atoms with Gasteiger partial charge in [0.05, 0.1) is 28.4 Å². The van der Waals surface area contributed by atoms with Crippen LogP contribution in [0.25, 0.3) is 0 Å². The molecule has 2 aromatic carbocycles. The Kier molecular flexibility index (Phi) is 5.01. The lowest BCUT2D eigenvalue weighted by Gasteiger charge is -2.28. The van der Waals surface area contributed by atoms with E-state index < -0.39 is 5.60 Å². The lowest BCUT2D eigenvalue weighted by molar-refractivity contribution is 0.0951. The van der Waals surface area contributed by atoms with Crippen molar-refractivity contribution in [2.45, 2.75) is 12.5 Å². The molecule has 2 rings (SSSR count). The van der Waals surface area contributed by atoms with Gasteiger partial charge in [0.25, 0.3) is 0 Å². The van der Waals surface area contributed by atoms with Gasteiger partial charge in [-0.25, -0.2) is 0 Å². The Labute approximate surface area is 136 Å². The molecule has 124 valence electrons. The maximum atomic E-state index is 11.2. The van der Waals surface area contributed by atoms with Crippen molar-refractivity contribution in [3.05, 3.63) is 47.5 Å². The van der Waals surface area contributed by atoms with Gasteiger partial charge in [0.1, 0.15) is 28.6 Å². The Morgan fingerprint density at radius 2 is 1.09 bits per heavy atom. The van der Waals surface area contributed by atoms with Gasteiger partial charge >= 0.3 is 0 Å². The average molecular weight is 318 g/mol. The van der Waals surface area contributed by atoms with Crippen molar-refractivity contribution in [1.82, 2.24) is 0 Å². The molecule has 0 fully saturated rings. The van der Waals surface area contributed by atoms with Gasteiger partial charge in [-0.1, -0.05) is 0 Å². The summed E-state index contributed by atoms with van der Waals surface area (Å²) < 4.78 is 21.3. The van der Waals surface area contributed by atoms with Crippen LogP contribution >= 0.6 is 0 Å². The third kappa shape index (κ3) is 3.19. The van der Waals surface area contributed by atoms with Gasteiger partial charge in [0.2, 0.25) is 0 Å². The van der Waals surface area contributed by atoms with Gasteiger partial charge in [-0.3, -0.25) is 0 Å². The van der Waals surface area contributed by atoms with E-state index in [1.54, 1.807) is 71.8 Å². The molecular formula is C18H22O5. The first-order valence-electron chi connectivity index (χ1n) is 7.15. The van der Waals surface area contributed by atoms with Crippen molar-refractivity contribution in [2.75, 3.05) is 28.4 Å². The molecule has 0 aromatic heterocycles. The lowest BCUT2D eigenvalue weighted by Crippen LogP contribution is -2.24. The molecule has 0 heterocycles. The lowest BCUT2D eigenvalue weighted by atomic mass is 9.86. The molecule has 0 saturated carbocycles. The first-order chi connectivity index (χ1) is 11.0. The van der Waals surface area contributed by atoms with Crippen molar-refractivity contribution < 1.29 is 24.1 Å². The summed E-state index contributed by atoms with van der Waals surface area (Å²) >= 11 is 0. The Balaban J connectivity index is 2.66. The Morgan fingerprint density at radius 1 is 0.696 bits per heavy atom. The van der Waals surface area contributed by atoms with E-state index in [-0.39, 0.29) is 0 Å². The summed E-state index contributed by atoms with van der Waals surface area (Å²) in [6.45, 7) is 1.68. The van der Waals surface area contributed by atoms with Gasteiger partial charge in [0.15, 0.2) is 0 Å². The number of hydrogen-bond donors (Lipinski definition) is 1. The van der Waals surface area contributed by atoms with Gasteiger partial charge < -0.3 is 24.1 Å². The van der Waals surface area contributed by atoms with Crippen LogP contribution in [0.5, 0.6) is 23.0 Å². The fourth-order valence-electron chi connectivity index (χ4n) is 2.53. The van der Waals surface area contributed by atoms with E-state index in [0.29, 0.717) is 34.1 Å². The van der Waals surface area contributed by atoms with Crippen LogP contribution in [0.2, 0.25) is 0 Å². The molecule has 2 aromatic rings. The van der Waals surface area contributed by atoms with E-state index in [4.69, 9.17) is 18.9 Å². The van der Waals surface area contributed by atoms with E-state index in [9.17, 15) is 5.11 Å². The largest absolute Gasteiger partial charge is 0.497 e. The molecule has 0 radical (unpaired) electrons. The number of hydrogen-bond acceptors (Lipinski definition) is 5. The predicted octanol–water partition coefficient (Wildman–Crippen LogP) is 2.98. The molecule has 5 heteroatoms. The zero-order valence-electron chi connectivity index (χ0n) is 14.0. The molecule has 0 aliphatic rings. The molecule has 1 N–H and O–H groups in total. The quantitative estimate of drug-likeness (QED) is 0.887. The fourth-order valence-corrected chi connectivity index (χ4v) is 2.53. The number of aliphatic hydroxyl groups is 1. The molecule has 0 saturated heterocycles. The third-order valence-electron chi connectivity index (χ3n) is 3.86. The van der Waals surface area contributed by atoms with Crippen LogP contribution in [0, 0.1) is 0 Å². The van der Waals surface area contributed by atoms with Crippen molar-refractivity contribution in [3.8, 4) is 23.0 Å². The van der Waals surface area contributed by atoms with E-state index >= 15 is 0 Å². The summed E-state index contributed by atoms with van der Waals surface area (Å²) in [7, 11) is 6.27. The van der Waals surface area contributed by atoms with Crippen molar-refractivity contribution in [3.63, 3.8) is 0 Å². The summed E-state index contributed by atoms with van der Waals surface area (Å²) in [6, 6.07) is 10.6. The van der Waals surface area contributed by atoms with Crippen LogP contribution in [-0.2, 0) is 5.60 Å². The smallest absolute Gasteiger partial charge is 0.125 e. The number of rotatable bonds is 6. The van der Waals surface area contributed by atoms with Crippen molar-refractivity contribution in [2.24, 2.45) is 0 Å². The molecule has 0 aliphatic carbocycles. The highest BCUT2D eigenvalue weighted by Gasteiger charge is 2.33. The zero-order chi connectivity index (χ0) is 17.0. The Bertz CT molecular complexity index is 622. The highest BCUT2D eigenvalue weighted by atomic mass is 16.5. The summed E-state index contributed by atoms with van der Waals surface area (Å²) in [6.07, 6.45) is 0. The van der Waals surface area contributed by atoms with Crippen LogP contribution in [-0.4, -0.2) is 33.5 Å². The standard InChI is InChI=1S/C18H22O5/c1-18(19,14-10-12(20-2)6-8-16(14)22-4)15-11-13(21-3)7-9-17(15)23-5/h6-11,19H,1-5H3. The highest BCUT2D eigenvalue weighted by molar-refractivity contribution is 5.53. The normalized spacial score (nSPS) is 11.0. The topological polar surface area (TPSA) is 57.2 Å².